The molecule has 2 N–H and O–H groups in total. The largest absolute Gasteiger partial charge is 0.466 e. The number of carbonyl (C=O) groups is 1. The lowest BCUT2D eigenvalue weighted by molar-refractivity contribution is 0.0376. The van der Waals surface area contributed by atoms with Gasteiger partial charge in [-0.05, 0) is 31.2 Å². The highest BCUT2D eigenvalue weighted by Gasteiger charge is 2.29. The van der Waals surface area contributed by atoms with Crippen LogP contribution in [0, 0.1) is 0 Å². The first kappa shape index (κ1) is 18.1. The number of hydrogen-bond donors (Lipinski definition) is 2. The standard InChI is InChI=1S/C18H24N4O4/c1-18(24,15-6-4-12-26-15)13-20-17(19-2)22-9-7-21(8-10-22)16(23)14-5-3-11-25-14/h3-6,11-12,24H,7-10,13H2,1-2H3,(H,19,20). The van der Waals surface area contributed by atoms with Crippen molar-refractivity contribution < 1.29 is 18.7 Å². The molecule has 1 atom stereocenters. The van der Waals surface area contributed by atoms with E-state index >= 15 is 0 Å². The third kappa shape index (κ3) is 3.91. The average Bonchev–Trinajstić information content (AvgIpc) is 3.36. The summed E-state index contributed by atoms with van der Waals surface area (Å²) in [5, 5.41) is 13.7. The molecule has 0 aliphatic carbocycles. The Morgan fingerprint density at radius 3 is 2.42 bits per heavy atom. The van der Waals surface area contributed by atoms with E-state index in [9.17, 15) is 9.90 Å². The van der Waals surface area contributed by atoms with Crippen LogP contribution in [0.2, 0.25) is 0 Å². The minimum atomic E-state index is -1.14. The number of amides is 1. The van der Waals surface area contributed by atoms with E-state index in [0.29, 0.717) is 43.7 Å². The minimum Gasteiger partial charge on any atom is -0.466 e. The zero-order chi connectivity index (χ0) is 18.6. The van der Waals surface area contributed by atoms with Crippen LogP contribution in [-0.4, -0.2) is 66.5 Å². The predicted octanol–water partition coefficient (Wildman–Crippen LogP) is 1.11. The van der Waals surface area contributed by atoms with E-state index in [2.05, 4.69) is 15.2 Å². The molecular weight excluding hydrogens is 336 g/mol. The molecule has 3 heterocycles. The molecule has 1 aliphatic heterocycles. The average molecular weight is 360 g/mol. The highest BCUT2D eigenvalue weighted by atomic mass is 16.4. The fraction of sp³-hybridized carbons (Fsp3) is 0.444. The minimum absolute atomic E-state index is 0.0988. The van der Waals surface area contributed by atoms with Gasteiger partial charge in [0.2, 0.25) is 0 Å². The Morgan fingerprint density at radius 2 is 1.85 bits per heavy atom. The third-order valence-electron chi connectivity index (χ3n) is 4.45. The van der Waals surface area contributed by atoms with Crippen LogP contribution in [0.15, 0.2) is 50.6 Å². The van der Waals surface area contributed by atoms with Gasteiger partial charge in [0.25, 0.3) is 5.91 Å². The van der Waals surface area contributed by atoms with Crippen molar-refractivity contribution in [1.29, 1.82) is 0 Å². The molecule has 1 saturated heterocycles. The van der Waals surface area contributed by atoms with Gasteiger partial charge < -0.3 is 29.1 Å². The summed E-state index contributed by atoms with van der Waals surface area (Å²) >= 11 is 0. The molecule has 0 spiro atoms. The predicted molar refractivity (Wildman–Crippen MR) is 95.8 cm³/mol. The van der Waals surface area contributed by atoms with E-state index in [1.807, 2.05) is 0 Å². The van der Waals surface area contributed by atoms with Crippen LogP contribution in [0.5, 0.6) is 0 Å². The quantitative estimate of drug-likeness (QED) is 0.627. The topological polar surface area (TPSA) is 94.5 Å². The number of aliphatic imine (C=N–C) groups is 1. The molecule has 2 aromatic heterocycles. The number of nitrogens with one attached hydrogen (secondary N) is 1. The number of guanidine groups is 1. The number of hydrogen-bond acceptors (Lipinski definition) is 5. The number of piperazine rings is 1. The van der Waals surface area contributed by atoms with E-state index in [1.54, 1.807) is 43.1 Å². The van der Waals surface area contributed by atoms with Gasteiger partial charge in [-0.15, -0.1) is 0 Å². The highest BCUT2D eigenvalue weighted by Crippen LogP contribution is 2.20. The molecular formula is C18H24N4O4. The van der Waals surface area contributed by atoms with Crippen LogP contribution in [0.1, 0.15) is 23.2 Å². The Labute approximate surface area is 152 Å². The Balaban J connectivity index is 1.53. The van der Waals surface area contributed by atoms with Gasteiger partial charge in [-0.3, -0.25) is 9.79 Å². The maximum Gasteiger partial charge on any atom is 0.289 e. The first-order valence-electron chi connectivity index (χ1n) is 8.56. The van der Waals surface area contributed by atoms with E-state index in [4.69, 9.17) is 8.83 Å². The Hall–Kier alpha value is -2.74. The van der Waals surface area contributed by atoms with Crippen LogP contribution < -0.4 is 5.32 Å². The number of carbonyl (C=O) groups excluding carboxylic acids is 1. The maximum absolute atomic E-state index is 12.3. The van der Waals surface area contributed by atoms with Gasteiger partial charge in [-0.25, -0.2) is 0 Å². The SMILES string of the molecule is CN=C(NCC(C)(O)c1ccco1)N1CCN(C(=O)c2ccco2)CC1. The van der Waals surface area contributed by atoms with Gasteiger partial charge in [0.1, 0.15) is 11.4 Å². The lowest BCUT2D eigenvalue weighted by atomic mass is 10.0. The normalized spacial score (nSPS) is 17.9. The van der Waals surface area contributed by atoms with Crippen LogP contribution in [0.25, 0.3) is 0 Å². The number of rotatable bonds is 4. The van der Waals surface area contributed by atoms with Crippen LogP contribution in [-0.2, 0) is 5.60 Å². The van der Waals surface area contributed by atoms with Gasteiger partial charge in [0.05, 0.1) is 19.1 Å². The van der Waals surface area contributed by atoms with Crippen molar-refractivity contribution in [3.63, 3.8) is 0 Å². The van der Waals surface area contributed by atoms with Crippen LogP contribution >= 0.6 is 0 Å². The van der Waals surface area contributed by atoms with Crippen molar-refractivity contribution in [2.24, 2.45) is 4.99 Å². The number of nitrogens with zero attached hydrogens (tertiary/aromatic N) is 3. The van der Waals surface area contributed by atoms with Crippen molar-refractivity contribution in [2.45, 2.75) is 12.5 Å². The molecule has 8 nitrogen and oxygen atoms in total. The Kier molecular flexibility index (Phi) is 5.32. The summed E-state index contributed by atoms with van der Waals surface area (Å²) in [6, 6.07) is 6.86. The second-order valence-electron chi connectivity index (χ2n) is 6.41. The van der Waals surface area contributed by atoms with E-state index in [-0.39, 0.29) is 12.5 Å². The molecule has 140 valence electrons. The van der Waals surface area contributed by atoms with Crippen molar-refractivity contribution in [3.05, 3.63) is 48.3 Å². The molecule has 0 aromatic carbocycles. The van der Waals surface area contributed by atoms with Crippen molar-refractivity contribution >= 4 is 11.9 Å². The van der Waals surface area contributed by atoms with Gasteiger partial charge in [-0.1, -0.05) is 0 Å². The third-order valence-corrected chi connectivity index (χ3v) is 4.45. The zero-order valence-corrected chi connectivity index (χ0v) is 15.0. The molecule has 3 rings (SSSR count). The van der Waals surface area contributed by atoms with E-state index in [0.717, 1.165) is 0 Å². The summed E-state index contributed by atoms with van der Waals surface area (Å²) in [5.41, 5.74) is -1.14. The molecule has 1 unspecified atom stereocenters. The van der Waals surface area contributed by atoms with Crippen LogP contribution in [0.3, 0.4) is 0 Å². The molecule has 1 aliphatic rings. The Morgan fingerprint density at radius 1 is 1.19 bits per heavy atom. The second kappa shape index (κ2) is 7.65. The lowest BCUT2D eigenvalue weighted by Crippen LogP contribution is -2.55. The fourth-order valence-corrected chi connectivity index (χ4v) is 2.93. The summed E-state index contributed by atoms with van der Waals surface area (Å²) < 4.78 is 10.5. The molecule has 1 amide bonds. The van der Waals surface area contributed by atoms with Gasteiger partial charge in [-0.2, -0.15) is 0 Å². The molecule has 2 aromatic rings. The number of furan rings is 2. The monoisotopic (exact) mass is 360 g/mol. The fourth-order valence-electron chi connectivity index (χ4n) is 2.93. The van der Waals surface area contributed by atoms with Gasteiger partial charge >= 0.3 is 0 Å². The summed E-state index contributed by atoms with van der Waals surface area (Å²) in [6.45, 7) is 4.40. The number of aliphatic hydroxyl groups is 1. The van der Waals surface area contributed by atoms with Crippen molar-refractivity contribution in [2.75, 3.05) is 39.8 Å². The first-order chi connectivity index (χ1) is 12.5. The van der Waals surface area contributed by atoms with E-state index in [1.165, 1.54) is 12.5 Å². The lowest BCUT2D eigenvalue weighted by Gasteiger charge is -2.36. The van der Waals surface area contributed by atoms with E-state index < -0.39 is 5.60 Å². The molecule has 1 fully saturated rings. The first-order valence-corrected chi connectivity index (χ1v) is 8.56. The summed E-state index contributed by atoms with van der Waals surface area (Å²) in [5.74, 6) is 1.44. The van der Waals surface area contributed by atoms with Crippen molar-refractivity contribution in [1.82, 2.24) is 15.1 Å². The summed E-state index contributed by atoms with van der Waals surface area (Å²) in [7, 11) is 1.70. The van der Waals surface area contributed by atoms with Crippen molar-refractivity contribution in [3.8, 4) is 0 Å². The van der Waals surface area contributed by atoms with Crippen LogP contribution in [0.4, 0.5) is 0 Å². The Bertz CT molecular complexity index is 729. The second-order valence-corrected chi connectivity index (χ2v) is 6.41. The maximum atomic E-state index is 12.3. The smallest absolute Gasteiger partial charge is 0.289 e. The van der Waals surface area contributed by atoms with Gasteiger partial charge in [0.15, 0.2) is 11.7 Å². The van der Waals surface area contributed by atoms with Gasteiger partial charge in [0, 0.05) is 33.2 Å². The molecule has 0 radical (unpaired) electrons. The molecule has 26 heavy (non-hydrogen) atoms. The molecule has 0 bridgehead atoms. The summed E-state index contributed by atoms with van der Waals surface area (Å²) in [4.78, 5) is 20.4. The highest BCUT2D eigenvalue weighted by molar-refractivity contribution is 5.91. The zero-order valence-electron chi connectivity index (χ0n) is 15.0. The molecule has 8 heteroatoms. The molecule has 0 saturated carbocycles. The summed E-state index contributed by atoms with van der Waals surface area (Å²) in [6.07, 6.45) is 3.04.